The molecule has 0 saturated heterocycles. The van der Waals surface area contributed by atoms with Crippen molar-refractivity contribution in [1.82, 2.24) is 19.5 Å². The summed E-state index contributed by atoms with van der Waals surface area (Å²) in [6.45, 7) is 0.651. The minimum absolute atomic E-state index is 0.0142. The summed E-state index contributed by atoms with van der Waals surface area (Å²) in [4.78, 5) is 23.1. The maximum Gasteiger partial charge on any atom is 0.421 e. The van der Waals surface area contributed by atoms with Crippen molar-refractivity contribution >= 4 is 29.0 Å². The summed E-state index contributed by atoms with van der Waals surface area (Å²) in [7, 11) is 0. The van der Waals surface area contributed by atoms with Gasteiger partial charge in [-0.15, -0.1) is 0 Å². The normalized spacial score (nSPS) is 13.1. The Morgan fingerprint density at radius 2 is 2.14 bits per heavy atom. The lowest BCUT2D eigenvalue weighted by Gasteiger charge is -2.15. The van der Waals surface area contributed by atoms with Gasteiger partial charge in [-0.25, -0.2) is 9.97 Å². The fourth-order valence-electron chi connectivity index (χ4n) is 2.94. The largest absolute Gasteiger partial charge is 0.421 e. The van der Waals surface area contributed by atoms with Crippen LogP contribution in [0.2, 0.25) is 0 Å². The Morgan fingerprint density at radius 1 is 1.28 bits per heavy atom. The van der Waals surface area contributed by atoms with E-state index in [1.165, 1.54) is 0 Å². The van der Waals surface area contributed by atoms with E-state index >= 15 is 0 Å². The van der Waals surface area contributed by atoms with E-state index in [1.807, 2.05) is 0 Å². The van der Waals surface area contributed by atoms with E-state index in [9.17, 15) is 18.0 Å². The third-order valence-corrected chi connectivity index (χ3v) is 4.30. The van der Waals surface area contributed by atoms with Gasteiger partial charge in [0.05, 0.1) is 12.7 Å². The standard InChI is InChI=1S/C18H16F3N7O/c19-18(20,21)13-9-24-17(27-16(13)23-4-6-28-5-3-22-10-28)25-12-1-2-14-11(7-12)8-15(29)26-14/h1-3,5,7,9-10H,4,6,8H2,(H,26,29)(H2,23,24,25,27). The van der Waals surface area contributed by atoms with Crippen molar-refractivity contribution in [1.29, 1.82) is 0 Å². The Hall–Kier alpha value is -3.63. The highest BCUT2D eigenvalue weighted by atomic mass is 19.4. The number of fused-ring (bicyclic) bond motifs is 1. The van der Waals surface area contributed by atoms with E-state index in [1.54, 1.807) is 41.5 Å². The van der Waals surface area contributed by atoms with Gasteiger partial charge in [-0.3, -0.25) is 4.79 Å². The Kier molecular flexibility index (Phi) is 4.79. The molecule has 0 spiro atoms. The number of halogens is 3. The maximum atomic E-state index is 13.3. The SMILES string of the molecule is O=C1Cc2cc(Nc3ncc(C(F)(F)F)c(NCCn4ccnc4)n3)ccc2N1. The molecule has 150 valence electrons. The van der Waals surface area contributed by atoms with Crippen LogP contribution in [-0.4, -0.2) is 32.0 Å². The van der Waals surface area contributed by atoms with E-state index in [-0.39, 0.29) is 30.6 Å². The number of carbonyl (C=O) groups is 1. The molecular formula is C18H16F3N7O. The van der Waals surface area contributed by atoms with Gasteiger partial charge in [-0.1, -0.05) is 0 Å². The smallest absolute Gasteiger partial charge is 0.368 e. The van der Waals surface area contributed by atoms with E-state index in [4.69, 9.17) is 0 Å². The monoisotopic (exact) mass is 403 g/mol. The number of anilines is 4. The Balaban J connectivity index is 1.53. The van der Waals surface area contributed by atoms with E-state index in [2.05, 4.69) is 30.9 Å². The van der Waals surface area contributed by atoms with Gasteiger partial charge in [0.1, 0.15) is 11.4 Å². The van der Waals surface area contributed by atoms with Gasteiger partial charge in [0.15, 0.2) is 0 Å². The molecule has 11 heteroatoms. The molecule has 0 unspecified atom stereocenters. The van der Waals surface area contributed by atoms with Gasteiger partial charge in [0.2, 0.25) is 11.9 Å². The van der Waals surface area contributed by atoms with Gasteiger partial charge >= 0.3 is 6.18 Å². The number of aromatic nitrogens is 4. The zero-order chi connectivity index (χ0) is 20.4. The molecule has 0 aliphatic carbocycles. The lowest BCUT2D eigenvalue weighted by atomic mass is 10.1. The van der Waals surface area contributed by atoms with Crippen molar-refractivity contribution in [2.24, 2.45) is 0 Å². The van der Waals surface area contributed by atoms with Crippen molar-refractivity contribution in [2.45, 2.75) is 19.1 Å². The molecule has 0 fully saturated rings. The van der Waals surface area contributed by atoms with Crippen LogP contribution in [0.1, 0.15) is 11.1 Å². The number of alkyl halides is 3. The summed E-state index contributed by atoms with van der Waals surface area (Å²) in [6, 6.07) is 5.15. The highest BCUT2D eigenvalue weighted by molar-refractivity contribution is 5.99. The Bertz CT molecular complexity index is 1030. The molecule has 1 aliphatic heterocycles. The van der Waals surface area contributed by atoms with Crippen molar-refractivity contribution in [2.75, 3.05) is 22.5 Å². The van der Waals surface area contributed by atoms with Gasteiger partial charge in [0, 0.05) is 43.1 Å². The summed E-state index contributed by atoms with van der Waals surface area (Å²) in [5.74, 6) is -0.402. The highest BCUT2D eigenvalue weighted by Gasteiger charge is 2.35. The number of hydrogen-bond donors (Lipinski definition) is 3. The third-order valence-electron chi connectivity index (χ3n) is 4.30. The van der Waals surface area contributed by atoms with Gasteiger partial charge in [-0.2, -0.15) is 18.2 Å². The molecular weight excluding hydrogens is 387 g/mol. The van der Waals surface area contributed by atoms with Crippen molar-refractivity contribution in [3.63, 3.8) is 0 Å². The number of imidazole rings is 1. The lowest BCUT2D eigenvalue weighted by Crippen LogP contribution is -2.17. The van der Waals surface area contributed by atoms with Crippen LogP contribution in [0.4, 0.5) is 36.3 Å². The molecule has 0 atom stereocenters. The van der Waals surface area contributed by atoms with E-state index < -0.39 is 11.7 Å². The first kappa shape index (κ1) is 18.7. The molecule has 0 radical (unpaired) electrons. The molecule has 0 bridgehead atoms. The Labute approximate surface area is 163 Å². The topological polar surface area (TPSA) is 96.8 Å². The molecule has 8 nitrogen and oxygen atoms in total. The van der Waals surface area contributed by atoms with E-state index in [0.717, 1.165) is 17.4 Å². The first-order valence-corrected chi connectivity index (χ1v) is 8.72. The number of benzene rings is 1. The van der Waals surface area contributed by atoms with Crippen LogP contribution < -0.4 is 16.0 Å². The van der Waals surface area contributed by atoms with Crippen LogP contribution in [0, 0.1) is 0 Å². The number of nitrogens with zero attached hydrogens (tertiary/aromatic N) is 4. The molecule has 1 aliphatic rings. The summed E-state index contributed by atoms with van der Waals surface area (Å²) in [5.41, 5.74) is 1.14. The summed E-state index contributed by atoms with van der Waals surface area (Å²) in [5, 5.41) is 8.32. The zero-order valence-electron chi connectivity index (χ0n) is 15.0. The average molecular weight is 403 g/mol. The predicted octanol–water partition coefficient (Wildman–Crippen LogP) is 3.04. The summed E-state index contributed by atoms with van der Waals surface area (Å²) in [6.07, 6.45) is 1.29. The second-order valence-electron chi connectivity index (χ2n) is 6.40. The molecule has 2 aromatic heterocycles. The fourth-order valence-corrected chi connectivity index (χ4v) is 2.94. The van der Waals surface area contributed by atoms with Crippen LogP contribution >= 0.6 is 0 Å². The molecule has 29 heavy (non-hydrogen) atoms. The summed E-state index contributed by atoms with van der Waals surface area (Å²) < 4.78 is 41.6. The number of carbonyl (C=O) groups excluding carboxylic acids is 1. The molecule has 1 aromatic carbocycles. The average Bonchev–Trinajstić information content (AvgIpc) is 3.29. The third kappa shape index (κ3) is 4.28. The minimum atomic E-state index is -4.59. The van der Waals surface area contributed by atoms with E-state index in [0.29, 0.717) is 12.2 Å². The number of nitrogens with one attached hydrogen (secondary N) is 3. The van der Waals surface area contributed by atoms with Crippen LogP contribution in [0.25, 0.3) is 0 Å². The van der Waals surface area contributed by atoms with Crippen molar-refractivity contribution < 1.29 is 18.0 Å². The lowest BCUT2D eigenvalue weighted by molar-refractivity contribution is -0.137. The van der Waals surface area contributed by atoms with Crippen LogP contribution in [0.5, 0.6) is 0 Å². The summed E-state index contributed by atoms with van der Waals surface area (Å²) >= 11 is 0. The molecule has 3 aromatic rings. The molecule has 0 saturated carbocycles. The minimum Gasteiger partial charge on any atom is -0.368 e. The van der Waals surface area contributed by atoms with Crippen LogP contribution in [-0.2, 0) is 23.9 Å². The van der Waals surface area contributed by atoms with Crippen LogP contribution in [0.15, 0.2) is 43.1 Å². The maximum absolute atomic E-state index is 13.3. The first-order chi connectivity index (χ1) is 13.9. The van der Waals surface area contributed by atoms with Gasteiger partial charge < -0.3 is 20.5 Å². The predicted molar refractivity (Wildman–Crippen MR) is 99.8 cm³/mol. The van der Waals surface area contributed by atoms with Gasteiger partial charge in [-0.05, 0) is 23.8 Å². The zero-order valence-corrected chi connectivity index (χ0v) is 15.0. The second kappa shape index (κ2) is 7.41. The Morgan fingerprint density at radius 3 is 2.90 bits per heavy atom. The van der Waals surface area contributed by atoms with Crippen molar-refractivity contribution in [3.05, 3.63) is 54.2 Å². The quantitative estimate of drug-likeness (QED) is 0.586. The fraction of sp³-hybridized carbons (Fsp3) is 0.222. The van der Waals surface area contributed by atoms with Gasteiger partial charge in [0.25, 0.3) is 0 Å². The highest BCUT2D eigenvalue weighted by Crippen LogP contribution is 2.34. The molecule has 3 N–H and O–H groups in total. The second-order valence-corrected chi connectivity index (χ2v) is 6.40. The number of rotatable bonds is 6. The molecule has 3 heterocycles. The molecule has 1 amide bonds. The molecule has 4 rings (SSSR count). The first-order valence-electron chi connectivity index (χ1n) is 8.72. The number of amides is 1. The number of hydrogen-bond acceptors (Lipinski definition) is 6. The van der Waals surface area contributed by atoms with Crippen molar-refractivity contribution in [3.8, 4) is 0 Å². The van der Waals surface area contributed by atoms with Crippen LogP contribution in [0.3, 0.4) is 0 Å².